The average Bonchev–Trinajstić information content (AvgIpc) is 2.95. The summed E-state index contributed by atoms with van der Waals surface area (Å²) >= 11 is 1.70. The van der Waals surface area contributed by atoms with Gasteiger partial charge < -0.3 is 10.3 Å². The van der Waals surface area contributed by atoms with Crippen molar-refractivity contribution in [1.29, 1.82) is 0 Å². The van der Waals surface area contributed by atoms with Crippen molar-refractivity contribution in [3.05, 3.63) is 28.8 Å². The summed E-state index contributed by atoms with van der Waals surface area (Å²) in [7, 11) is 0. The van der Waals surface area contributed by atoms with Crippen molar-refractivity contribution < 1.29 is 0 Å². The molecule has 2 heterocycles. The zero-order chi connectivity index (χ0) is 11.4. The summed E-state index contributed by atoms with van der Waals surface area (Å²) < 4.78 is 0. The van der Waals surface area contributed by atoms with Gasteiger partial charge in [0.2, 0.25) is 0 Å². The molecule has 1 atom stereocenters. The zero-order valence-electron chi connectivity index (χ0n) is 9.66. The molecule has 2 rings (SSSR count). The number of nitrogens with one attached hydrogen (secondary N) is 2. The van der Waals surface area contributed by atoms with Crippen LogP contribution in [0.5, 0.6) is 0 Å². The summed E-state index contributed by atoms with van der Waals surface area (Å²) in [4.78, 5) is 7.69. The summed E-state index contributed by atoms with van der Waals surface area (Å²) in [5, 5.41) is 7.62. The Kier molecular flexibility index (Phi) is 3.74. The minimum absolute atomic E-state index is 0.537. The number of hydrogen-bond donors (Lipinski definition) is 2. The highest BCUT2D eigenvalue weighted by Crippen LogP contribution is 2.19. The Morgan fingerprint density at radius 2 is 2.44 bits per heavy atom. The second-order valence-corrected chi connectivity index (χ2v) is 4.73. The van der Waals surface area contributed by atoms with Crippen molar-refractivity contribution >= 4 is 11.3 Å². The highest BCUT2D eigenvalue weighted by molar-refractivity contribution is 7.08. The Morgan fingerprint density at radius 1 is 1.56 bits per heavy atom. The lowest BCUT2D eigenvalue weighted by atomic mass is 10.2. The molecule has 2 aromatic rings. The maximum Gasteiger partial charge on any atom is 0.120 e. The third-order valence-corrected chi connectivity index (χ3v) is 3.37. The Balaban J connectivity index is 1.98. The van der Waals surface area contributed by atoms with Gasteiger partial charge in [0, 0.05) is 17.0 Å². The number of imidazole rings is 1. The first kappa shape index (κ1) is 11.4. The van der Waals surface area contributed by atoms with E-state index in [2.05, 4.69) is 46.0 Å². The summed E-state index contributed by atoms with van der Waals surface area (Å²) in [5.41, 5.74) is 2.31. The molecule has 4 heteroatoms. The largest absolute Gasteiger partial charge is 0.341 e. The van der Waals surface area contributed by atoms with Gasteiger partial charge in [0.1, 0.15) is 5.82 Å². The number of nitrogens with zero attached hydrogens (tertiary/aromatic N) is 1. The van der Waals surface area contributed by atoms with Crippen molar-refractivity contribution in [2.45, 2.75) is 32.9 Å². The second-order valence-electron chi connectivity index (χ2n) is 3.95. The van der Waals surface area contributed by atoms with E-state index in [1.807, 2.05) is 6.20 Å². The van der Waals surface area contributed by atoms with Crippen molar-refractivity contribution in [2.24, 2.45) is 0 Å². The van der Waals surface area contributed by atoms with Gasteiger partial charge in [0.05, 0.1) is 18.4 Å². The van der Waals surface area contributed by atoms with Crippen LogP contribution in [-0.4, -0.2) is 16.0 Å². The molecule has 1 unspecified atom stereocenters. The number of hydrogen-bond acceptors (Lipinski definition) is 3. The Labute approximate surface area is 99.9 Å². The standard InChI is InChI=1S/C12H17N3S/c1-3-9(2)13-7-12-14-6-11(15-12)10-4-5-16-8-10/h4-6,8-9,13H,3,7H2,1-2H3,(H,14,15). The molecule has 0 spiro atoms. The minimum atomic E-state index is 0.537. The van der Waals surface area contributed by atoms with E-state index < -0.39 is 0 Å². The van der Waals surface area contributed by atoms with Crippen LogP contribution >= 0.6 is 11.3 Å². The summed E-state index contributed by atoms with van der Waals surface area (Å²) in [6.45, 7) is 5.17. The topological polar surface area (TPSA) is 40.7 Å². The van der Waals surface area contributed by atoms with Crippen molar-refractivity contribution in [3.63, 3.8) is 0 Å². The van der Waals surface area contributed by atoms with E-state index in [9.17, 15) is 0 Å². The molecular formula is C12H17N3S. The van der Waals surface area contributed by atoms with Gasteiger partial charge in [0.15, 0.2) is 0 Å². The van der Waals surface area contributed by atoms with Crippen LogP contribution in [0.2, 0.25) is 0 Å². The number of aromatic amines is 1. The molecule has 3 nitrogen and oxygen atoms in total. The van der Waals surface area contributed by atoms with E-state index >= 15 is 0 Å². The molecule has 2 N–H and O–H groups in total. The third-order valence-electron chi connectivity index (χ3n) is 2.69. The predicted molar refractivity (Wildman–Crippen MR) is 68.5 cm³/mol. The van der Waals surface area contributed by atoms with Crippen LogP contribution in [0.25, 0.3) is 11.3 Å². The first-order chi connectivity index (χ1) is 7.79. The molecule has 16 heavy (non-hydrogen) atoms. The summed E-state index contributed by atoms with van der Waals surface area (Å²) in [6, 6.07) is 2.64. The lowest BCUT2D eigenvalue weighted by Gasteiger charge is -2.08. The van der Waals surface area contributed by atoms with Crippen molar-refractivity contribution in [1.82, 2.24) is 15.3 Å². The molecule has 0 fully saturated rings. The molecule has 0 saturated carbocycles. The van der Waals surface area contributed by atoms with E-state index in [1.165, 1.54) is 5.56 Å². The fourth-order valence-corrected chi connectivity index (χ4v) is 2.09. The van der Waals surface area contributed by atoms with Gasteiger partial charge in [-0.3, -0.25) is 0 Å². The van der Waals surface area contributed by atoms with Crippen LogP contribution in [0.1, 0.15) is 26.1 Å². The SMILES string of the molecule is CCC(C)NCc1ncc(-c2ccsc2)[nH]1. The first-order valence-electron chi connectivity index (χ1n) is 5.59. The number of aromatic nitrogens is 2. The number of H-pyrrole nitrogens is 1. The first-order valence-corrected chi connectivity index (χ1v) is 6.53. The Bertz CT molecular complexity index is 419. The second kappa shape index (κ2) is 5.27. The normalized spacial score (nSPS) is 12.9. The van der Waals surface area contributed by atoms with E-state index in [0.29, 0.717) is 6.04 Å². The fraction of sp³-hybridized carbons (Fsp3) is 0.417. The minimum Gasteiger partial charge on any atom is -0.341 e. The average molecular weight is 235 g/mol. The van der Waals surface area contributed by atoms with Crippen LogP contribution in [0.3, 0.4) is 0 Å². The molecule has 0 aliphatic carbocycles. The lowest BCUT2D eigenvalue weighted by molar-refractivity contribution is 0.525. The van der Waals surface area contributed by atoms with Gasteiger partial charge in [-0.2, -0.15) is 11.3 Å². The maximum atomic E-state index is 4.36. The molecule has 86 valence electrons. The van der Waals surface area contributed by atoms with Crippen molar-refractivity contribution in [3.8, 4) is 11.3 Å². The molecule has 0 aliphatic rings. The van der Waals surface area contributed by atoms with E-state index in [4.69, 9.17) is 0 Å². The monoisotopic (exact) mass is 235 g/mol. The zero-order valence-corrected chi connectivity index (χ0v) is 10.5. The van der Waals surface area contributed by atoms with Gasteiger partial charge in [-0.1, -0.05) is 6.92 Å². The highest BCUT2D eigenvalue weighted by Gasteiger charge is 2.04. The molecule has 0 aromatic carbocycles. The van der Waals surface area contributed by atoms with Crippen LogP contribution in [0, 0.1) is 0 Å². The molecule has 0 radical (unpaired) electrons. The van der Waals surface area contributed by atoms with Gasteiger partial charge in [-0.15, -0.1) is 0 Å². The predicted octanol–water partition coefficient (Wildman–Crippen LogP) is 3.03. The Morgan fingerprint density at radius 3 is 3.12 bits per heavy atom. The van der Waals surface area contributed by atoms with Crippen molar-refractivity contribution in [2.75, 3.05) is 0 Å². The molecule has 0 bridgehead atoms. The van der Waals surface area contributed by atoms with E-state index in [1.54, 1.807) is 11.3 Å². The maximum absolute atomic E-state index is 4.36. The molecule has 0 amide bonds. The van der Waals surface area contributed by atoms with Crippen LogP contribution in [0.4, 0.5) is 0 Å². The smallest absolute Gasteiger partial charge is 0.120 e. The molecule has 0 aliphatic heterocycles. The summed E-state index contributed by atoms with van der Waals surface area (Å²) in [6.07, 6.45) is 3.04. The van der Waals surface area contributed by atoms with Gasteiger partial charge in [-0.05, 0) is 24.8 Å². The number of thiophene rings is 1. The van der Waals surface area contributed by atoms with Gasteiger partial charge in [0.25, 0.3) is 0 Å². The number of rotatable bonds is 5. The van der Waals surface area contributed by atoms with E-state index in [0.717, 1.165) is 24.5 Å². The van der Waals surface area contributed by atoms with Crippen LogP contribution in [-0.2, 0) is 6.54 Å². The van der Waals surface area contributed by atoms with Crippen LogP contribution in [0.15, 0.2) is 23.0 Å². The summed E-state index contributed by atoms with van der Waals surface area (Å²) in [5.74, 6) is 1.00. The molecular weight excluding hydrogens is 218 g/mol. The molecule has 2 aromatic heterocycles. The lowest BCUT2D eigenvalue weighted by Crippen LogP contribution is -2.24. The fourth-order valence-electron chi connectivity index (χ4n) is 1.43. The van der Waals surface area contributed by atoms with E-state index in [-0.39, 0.29) is 0 Å². The Hall–Kier alpha value is -1.13. The highest BCUT2D eigenvalue weighted by atomic mass is 32.1. The van der Waals surface area contributed by atoms with Gasteiger partial charge >= 0.3 is 0 Å². The van der Waals surface area contributed by atoms with Gasteiger partial charge in [-0.25, -0.2) is 4.98 Å². The molecule has 0 saturated heterocycles. The third kappa shape index (κ3) is 2.71. The van der Waals surface area contributed by atoms with Crippen LogP contribution < -0.4 is 5.32 Å². The quantitative estimate of drug-likeness (QED) is 0.836.